The zero-order valence-corrected chi connectivity index (χ0v) is 15.0. The fraction of sp³-hybridized carbons (Fsp3) is 0.118. The third kappa shape index (κ3) is 4.12. The van der Waals surface area contributed by atoms with Gasteiger partial charge in [0.25, 0.3) is 0 Å². The van der Waals surface area contributed by atoms with E-state index in [0.29, 0.717) is 21.7 Å². The number of nitrogens with zero attached hydrogens (tertiary/aromatic N) is 3. The molecule has 0 aliphatic rings. The van der Waals surface area contributed by atoms with Crippen molar-refractivity contribution in [3.8, 4) is 11.4 Å². The molecule has 6 nitrogen and oxygen atoms in total. The fourth-order valence-corrected chi connectivity index (χ4v) is 3.12. The maximum atomic E-state index is 12.1. The van der Waals surface area contributed by atoms with Crippen LogP contribution in [0.3, 0.4) is 0 Å². The summed E-state index contributed by atoms with van der Waals surface area (Å²) in [5.74, 6) is 6.64. The van der Waals surface area contributed by atoms with Crippen LogP contribution in [0, 0.1) is 6.92 Å². The normalized spacial score (nSPS) is 10.6. The van der Waals surface area contributed by atoms with Crippen LogP contribution in [0.25, 0.3) is 11.4 Å². The lowest BCUT2D eigenvalue weighted by Crippen LogP contribution is -2.16. The maximum Gasteiger partial charge on any atom is 0.234 e. The molecule has 1 aromatic heterocycles. The molecule has 0 fully saturated rings. The molecule has 3 aromatic rings. The van der Waals surface area contributed by atoms with E-state index in [0.717, 1.165) is 11.1 Å². The second kappa shape index (κ2) is 7.58. The van der Waals surface area contributed by atoms with Gasteiger partial charge in [0.2, 0.25) is 11.1 Å². The highest BCUT2D eigenvalue weighted by molar-refractivity contribution is 7.99. The number of halogens is 1. The van der Waals surface area contributed by atoms with Crippen LogP contribution in [0.15, 0.2) is 53.7 Å². The molecule has 3 rings (SSSR count). The smallest absolute Gasteiger partial charge is 0.234 e. The Balaban J connectivity index is 1.66. The Morgan fingerprint density at radius 3 is 2.80 bits per heavy atom. The average molecular weight is 374 g/mol. The molecule has 0 saturated carbocycles. The third-order valence-corrected chi connectivity index (χ3v) is 4.67. The summed E-state index contributed by atoms with van der Waals surface area (Å²) >= 11 is 7.12. The number of aromatic nitrogens is 3. The predicted molar refractivity (Wildman–Crippen MR) is 101 cm³/mol. The molecule has 8 heteroatoms. The Hall–Kier alpha value is -2.51. The van der Waals surface area contributed by atoms with Gasteiger partial charge in [-0.25, -0.2) is 4.68 Å². The highest BCUT2D eigenvalue weighted by Gasteiger charge is 2.15. The van der Waals surface area contributed by atoms with Gasteiger partial charge >= 0.3 is 0 Å². The van der Waals surface area contributed by atoms with Crippen molar-refractivity contribution in [3.05, 3.63) is 59.1 Å². The third-order valence-electron chi connectivity index (χ3n) is 3.49. The van der Waals surface area contributed by atoms with Gasteiger partial charge < -0.3 is 11.2 Å². The van der Waals surface area contributed by atoms with Crippen LogP contribution in [0.2, 0.25) is 5.02 Å². The summed E-state index contributed by atoms with van der Waals surface area (Å²) in [6.07, 6.45) is 0. The maximum absolute atomic E-state index is 12.1. The zero-order valence-electron chi connectivity index (χ0n) is 13.4. The van der Waals surface area contributed by atoms with Crippen molar-refractivity contribution in [1.82, 2.24) is 14.9 Å². The fourth-order valence-electron chi connectivity index (χ4n) is 2.28. The zero-order chi connectivity index (χ0) is 17.8. The molecular weight excluding hydrogens is 358 g/mol. The molecular formula is C17H16ClN5OS. The number of nitrogen functional groups attached to an aromatic ring is 1. The summed E-state index contributed by atoms with van der Waals surface area (Å²) in [5.41, 5.74) is 2.61. The number of carbonyl (C=O) groups excluding carboxylic acids is 1. The van der Waals surface area contributed by atoms with E-state index in [2.05, 4.69) is 15.5 Å². The first-order chi connectivity index (χ1) is 12.0. The molecule has 0 aliphatic carbocycles. The van der Waals surface area contributed by atoms with Crippen LogP contribution in [-0.4, -0.2) is 26.5 Å². The molecule has 0 atom stereocenters. The van der Waals surface area contributed by atoms with E-state index in [1.807, 2.05) is 31.2 Å². The van der Waals surface area contributed by atoms with Gasteiger partial charge in [0.15, 0.2) is 5.82 Å². The number of aryl methyl sites for hydroxylation is 1. The van der Waals surface area contributed by atoms with Crippen molar-refractivity contribution < 1.29 is 4.79 Å². The molecule has 0 saturated heterocycles. The minimum Gasteiger partial charge on any atom is -0.335 e. The quantitative estimate of drug-likeness (QED) is 0.529. The van der Waals surface area contributed by atoms with Crippen LogP contribution >= 0.6 is 23.4 Å². The lowest BCUT2D eigenvalue weighted by molar-refractivity contribution is -0.113. The predicted octanol–water partition coefficient (Wildman–Crippen LogP) is 3.35. The first-order valence-corrected chi connectivity index (χ1v) is 8.85. The van der Waals surface area contributed by atoms with E-state index in [9.17, 15) is 4.79 Å². The second-order valence-electron chi connectivity index (χ2n) is 5.34. The van der Waals surface area contributed by atoms with Crippen molar-refractivity contribution in [2.24, 2.45) is 0 Å². The molecule has 1 heterocycles. The van der Waals surface area contributed by atoms with Gasteiger partial charge in [-0.1, -0.05) is 53.7 Å². The molecule has 1 amide bonds. The van der Waals surface area contributed by atoms with E-state index in [-0.39, 0.29) is 11.7 Å². The lowest BCUT2D eigenvalue weighted by atomic mass is 10.1. The first-order valence-electron chi connectivity index (χ1n) is 7.49. The summed E-state index contributed by atoms with van der Waals surface area (Å²) in [5, 5.41) is 12.0. The minimum absolute atomic E-state index is 0.162. The molecule has 3 N–H and O–H groups in total. The van der Waals surface area contributed by atoms with Crippen molar-refractivity contribution in [3.63, 3.8) is 0 Å². The van der Waals surface area contributed by atoms with Gasteiger partial charge in [0.05, 0.1) is 5.75 Å². The summed E-state index contributed by atoms with van der Waals surface area (Å²) in [4.78, 5) is 12.1. The molecule has 0 bridgehead atoms. The Morgan fingerprint density at radius 1 is 1.24 bits per heavy atom. The van der Waals surface area contributed by atoms with Gasteiger partial charge in [-0.2, -0.15) is 0 Å². The van der Waals surface area contributed by atoms with E-state index >= 15 is 0 Å². The number of rotatable bonds is 5. The second-order valence-corrected chi connectivity index (χ2v) is 6.72. The SMILES string of the molecule is Cc1ccccc1-c1nnc(SCC(=O)Nc2cccc(Cl)c2)n1N. The standard InChI is InChI=1S/C17H16ClN5OS/c1-11-5-2-3-8-14(11)16-21-22-17(23(16)19)25-10-15(24)20-13-7-4-6-12(18)9-13/h2-9H,10,19H2,1H3,(H,20,24). The van der Waals surface area contributed by atoms with Gasteiger partial charge in [-0.15, -0.1) is 10.2 Å². The molecule has 128 valence electrons. The minimum atomic E-state index is -0.173. The van der Waals surface area contributed by atoms with E-state index in [4.69, 9.17) is 17.4 Å². The number of nitrogens with one attached hydrogen (secondary N) is 1. The van der Waals surface area contributed by atoms with Gasteiger partial charge in [-0.05, 0) is 30.7 Å². The molecule has 0 unspecified atom stereocenters. The number of anilines is 1. The number of carbonyl (C=O) groups is 1. The topological polar surface area (TPSA) is 85.8 Å². The highest BCUT2D eigenvalue weighted by Crippen LogP contribution is 2.24. The number of benzene rings is 2. The van der Waals surface area contributed by atoms with Gasteiger partial charge in [0.1, 0.15) is 0 Å². The first kappa shape index (κ1) is 17.3. The average Bonchev–Trinajstić information content (AvgIpc) is 2.94. The molecule has 2 aromatic carbocycles. The van der Waals surface area contributed by atoms with Crippen LogP contribution in [0.1, 0.15) is 5.56 Å². The van der Waals surface area contributed by atoms with Gasteiger partial charge in [-0.3, -0.25) is 4.79 Å². The largest absolute Gasteiger partial charge is 0.335 e. The Kier molecular flexibility index (Phi) is 5.25. The summed E-state index contributed by atoms with van der Waals surface area (Å²) in [6, 6.07) is 14.8. The number of hydrogen-bond donors (Lipinski definition) is 2. The van der Waals surface area contributed by atoms with Crippen LogP contribution in [0.5, 0.6) is 0 Å². The van der Waals surface area contributed by atoms with Crippen molar-refractivity contribution in [2.45, 2.75) is 12.1 Å². The number of nitrogens with two attached hydrogens (primary N) is 1. The molecule has 0 aliphatic heterocycles. The van der Waals surface area contributed by atoms with Gasteiger partial charge in [0, 0.05) is 16.3 Å². The van der Waals surface area contributed by atoms with Crippen molar-refractivity contribution in [1.29, 1.82) is 0 Å². The number of hydrogen-bond acceptors (Lipinski definition) is 5. The Bertz CT molecular complexity index is 912. The molecule has 0 spiro atoms. The van der Waals surface area contributed by atoms with Crippen LogP contribution in [0.4, 0.5) is 5.69 Å². The summed E-state index contributed by atoms with van der Waals surface area (Å²) in [6.45, 7) is 1.98. The van der Waals surface area contributed by atoms with E-state index < -0.39 is 0 Å². The Labute approximate surface area is 154 Å². The van der Waals surface area contributed by atoms with Crippen LogP contribution in [-0.2, 0) is 4.79 Å². The monoisotopic (exact) mass is 373 g/mol. The van der Waals surface area contributed by atoms with Crippen LogP contribution < -0.4 is 11.2 Å². The molecule has 0 radical (unpaired) electrons. The van der Waals surface area contributed by atoms with E-state index in [1.54, 1.807) is 24.3 Å². The van der Waals surface area contributed by atoms with Crippen molar-refractivity contribution >= 4 is 35.0 Å². The number of thioether (sulfide) groups is 1. The highest BCUT2D eigenvalue weighted by atomic mass is 35.5. The lowest BCUT2D eigenvalue weighted by Gasteiger charge is -2.07. The number of amides is 1. The Morgan fingerprint density at radius 2 is 2.04 bits per heavy atom. The summed E-state index contributed by atoms with van der Waals surface area (Å²) in [7, 11) is 0. The van der Waals surface area contributed by atoms with Crippen molar-refractivity contribution in [2.75, 3.05) is 16.9 Å². The van der Waals surface area contributed by atoms with E-state index in [1.165, 1.54) is 16.4 Å². The summed E-state index contributed by atoms with van der Waals surface area (Å²) < 4.78 is 1.40. The molecule has 25 heavy (non-hydrogen) atoms.